The summed E-state index contributed by atoms with van der Waals surface area (Å²) in [6, 6.07) is 0. The first kappa shape index (κ1) is 74.7. The van der Waals surface area contributed by atoms with Crippen molar-refractivity contribution in [2.45, 2.75) is 219 Å². The van der Waals surface area contributed by atoms with E-state index in [4.69, 9.17) is 14.2 Å². The summed E-state index contributed by atoms with van der Waals surface area (Å²) in [7, 11) is 0. The molecule has 0 saturated heterocycles. The fourth-order valence-electron chi connectivity index (χ4n) is 7.40. The van der Waals surface area contributed by atoms with Crippen LogP contribution in [0.5, 0.6) is 0 Å². The molecule has 0 rings (SSSR count). The molecule has 6 nitrogen and oxygen atoms in total. The third kappa shape index (κ3) is 64.4. The molecule has 0 aliphatic carbocycles. The van der Waals surface area contributed by atoms with Crippen molar-refractivity contribution < 1.29 is 28.6 Å². The van der Waals surface area contributed by atoms with Crippen LogP contribution in [0.3, 0.4) is 0 Å². The fraction of sp³-hybridized carbons (Fsp3) is 0.480. The Bertz CT molecular complexity index is 2050. The van der Waals surface area contributed by atoms with Crippen LogP contribution in [0.2, 0.25) is 0 Å². The van der Waals surface area contributed by atoms with Crippen LogP contribution in [-0.2, 0) is 28.6 Å². The number of allylic oxidation sites excluding steroid dienone is 36. The molecule has 1 atom stereocenters. The van der Waals surface area contributed by atoms with Crippen LogP contribution >= 0.6 is 0 Å². The van der Waals surface area contributed by atoms with E-state index in [2.05, 4.69) is 240 Å². The third-order valence-electron chi connectivity index (χ3n) is 12.0. The molecular weight excluding hydrogens is 997 g/mol. The van der Waals surface area contributed by atoms with E-state index in [0.717, 1.165) is 154 Å². The maximum Gasteiger partial charge on any atom is 0.306 e. The standard InChI is InChI=1S/C75H110O6/c1-4-7-10-13-16-19-22-25-28-30-31-32-33-34-35-36-37-38-39-40-41-42-43-45-47-50-53-56-59-62-65-68-74(77)80-71-72(70-79-73(76)67-64-61-58-55-52-49-46-27-24-21-18-15-12-9-6-3)81-75(78)69-66-63-60-57-54-51-48-44-29-26-23-20-17-14-11-8-5-2/h7-12,16-21,25-29,31-32,34-35,37-38,40-41,43,45-46,48,50-53,55,57,60,72H,4-6,13-15,22-24,30,33,36,39,42,44,47,49,54,56,58-59,61-71H2,1-3H3/b10-7-,11-8-,12-9-,19-16-,20-17-,21-18-,28-25-,29-26-,32-31-,35-34-,38-37-,41-40-,45-43-,46-27-,51-48-,53-50-,55-52-,60-57-. The number of esters is 3. The molecule has 446 valence electrons. The average Bonchev–Trinajstić information content (AvgIpc) is 3.47. The topological polar surface area (TPSA) is 78.9 Å². The van der Waals surface area contributed by atoms with Crippen LogP contribution in [-0.4, -0.2) is 37.2 Å². The van der Waals surface area contributed by atoms with E-state index in [9.17, 15) is 14.4 Å². The van der Waals surface area contributed by atoms with Gasteiger partial charge >= 0.3 is 17.9 Å². The van der Waals surface area contributed by atoms with Crippen LogP contribution in [0.25, 0.3) is 0 Å². The van der Waals surface area contributed by atoms with Crippen molar-refractivity contribution in [3.63, 3.8) is 0 Å². The summed E-state index contributed by atoms with van der Waals surface area (Å²) in [5.74, 6) is -1.09. The van der Waals surface area contributed by atoms with Gasteiger partial charge in [0.1, 0.15) is 13.2 Å². The van der Waals surface area contributed by atoms with Gasteiger partial charge in [-0.3, -0.25) is 14.4 Å². The van der Waals surface area contributed by atoms with Crippen molar-refractivity contribution in [3.8, 4) is 0 Å². The minimum atomic E-state index is -0.855. The first-order valence-corrected chi connectivity index (χ1v) is 31.2. The van der Waals surface area contributed by atoms with E-state index in [-0.39, 0.29) is 44.4 Å². The van der Waals surface area contributed by atoms with E-state index >= 15 is 0 Å². The number of unbranched alkanes of at least 4 members (excludes halogenated alkanes) is 6. The van der Waals surface area contributed by atoms with E-state index in [0.29, 0.717) is 19.3 Å². The van der Waals surface area contributed by atoms with Crippen LogP contribution in [0.15, 0.2) is 219 Å². The Labute approximate surface area is 495 Å². The number of hydrogen-bond donors (Lipinski definition) is 0. The predicted molar refractivity (Wildman–Crippen MR) is 352 cm³/mol. The van der Waals surface area contributed by atoms with Gasteiger partial charge in [-0.1, -0.05) is 246 Å². The van der Waals surface area contributed by atoms with Gasteiger partial charge in [-0.2, -0.15) is 0 Å². The molecular formula is C75H110O6. The zero-order valence-corrected chi connectivity index (χ0v) is 50.9. The summed E-state index contributed by atoms with van der Waals surface area (Å²) in [5.41, 5.74) is 0. The number of ether oxygens (including phenoxy) is 3. The molecule has 81 heavy (non-hydrogen) atoms. The number of carbonyl (C=O) groups is 3. The second kappa shape index (κ2) is 66.2. The molecule has 0 radical (unpaired) electrons. The summed E-state index contributed by atoms with van der Waals surface area (Å²) in [4.78, 5) is 38.2. The zero-order valence-electron chi connectivity index (χ0n) is 50.9. The first-order valence-electron chi connectivity index (χ1n) is 31.2. The molecule has 0 fully saturated rings. The van der Waals surface area contributed by atoms with Gasteiger partial charge in [0.05, 0.1) is 0 Å². The number of rotatable bonds is 53. The quantitative estimate of drug-likeness (QED) is 0.0261. The summed E-state index contributed by atoms with van der Waals surface area (Å²) in [5, 5.41) is 0. The summed E-state index contributed by atoms with van der Waals surface area (Å²) < 4.78 is 16.8. The van der Waals surface area contributed by atoms with Crippen molar-refractivity contribution in [2.24, 2.45) is 0 Å². The Hall–Kier alpha value is -6.27. The molecule has 0 spiro atoms. The lowest BCUT2D eigenvalue weighted by Crippen LogP contribution is -2.30. The second-order valence-electron chi connectivity index (χ2n) is 19.5. The molecule has 1 unspecified atom stereocenters. The molecule has 0 aliphatic heterocycles. The smallest absolute Gasteiger partial charge is 0.306 e. The first-order chi connectivity index (χ1) is 40.0. The van der Waals surface area contributed by atoms with Crippen LogP contribution in [0.1, 0.15) is 213 Å². The summed E-state index contributed by atoms with van der Waals surface area (Å²) >= 11 is 0. The molecule has 0 aromatic heterocycles. The van der Waals surface area contributed by atoms with E-state index < -0.39 is 12.1 Å². The van der Waals surface area contributed by atoms with Gasteiger partial charge in [0.25, 0.3) is 0 Å². The maximum atomic E-state index is 12.9. The lowest BCUT2D eigenvalue weighted by molar-refractivity contribution is -0.167. The van der Waals surface area contributed by atoms with Crippen LogP contribution < -0.4 is 0 Å². The van der Waals surface area contributed by atoms with Gasteiger partial charge in [-0.15, -0.1) is 0 Å². The highest BCUT2D eigenvalue weighted by molar-refractivity contribution is 5.71. The minimum absolute atomic E-state index is 0.145. The molecule has 0 heterocycles. The highest BCUT2D eigenvalue weighted by atomic mass is 16.6. The minimum Gasteiger partial charge on any atom is -0.462 e. The number of carbonyl (C=O) groups excluding carboxylic acids is 3. The molecule has 0 saturated carbocycles. The lowest BCUT2D eigenvalue weighted by atomic mass is 10.1. The largest absolute Gasteiger partial charge is 0.462 e. The van der Waals surface area contributed by atoms with Gasteiger partial charge < -0.3 is 14.2 Å². The van der Waals surface area contributed by atoms with Crippen LogP contribution in [0, 0.1) is 0 Å². The van der Waals surface area contributed by atoms with Gasteiger partial charge in [-0.05, 0) is 167 Å². The number of hydrogen-bond acceptors (Lipinski definition) is 6. The van der Waals surface area contributed by atoms with E-state index in [1.165, 1.54) is 0 Å². The zero-order chi connectivity index (χ0) is 58.5. The monoisotopic (exact) mass is 1110 g/mol. The second-order valence-corrected chi connectivity index (χ2v) is 19.5. The van der Waals surface area contributed by atoms with Crippen molar-refractivity contribution in [1.82, 2.24) is 0 Å². The van der Waals surface area contributed by atoms with Gasteiger partial charge in [0.2, 0.25) is 0 Å². The van der Waals surface area contributed by atoms with E-state index in [1.54, 1.807) is 0 Å². The van der Waals surface area contributed by atoms with Gasteiger partial charge in [0.15, 0.2) is 6.10 Å². The Morgan fingerprint density at radius 1 is 0.247 bits per heavy atom. The molecule has 0 N–H and O–H groups in total. The van der Waals surface area contributed by atoms with Gasteiger partial charge in [-0.25, -0.2) is 0 Å². The molecule has 0 bridgehead atoms. The Kier molecular flexibility index (Phi) is 61.1. The van der Waals surface area contributed by atoms with Gasteiger partial charge in [0, 0.05) is 19.3 Å². The highest BCUT2D eigenvalue weighted by Gasteiger charge is 2.19. The predicted octanol–water partition coefficient (Wildman–Crippen LogP) is 21.8. The Balaban J connectivity index is 4.55. The Morgan fingerprint density at radius 2 is 0.457 bits per heavy atom. The fourth-order valence-corrected chi connectivity index (χ4v) is 7.40. The summed E-state index contributed by atoms with van der Waals surface area (Å²) in [6.07, 6.45) is 104. The molecule has 0 amide bonds. The molecule has 0 aliphatic rings. The maximum absolute atomic E-state index is 12.9. The molecule has 0 aromatic carbocycles. The molecule has 6 heteroatoms. The average molecular weight is 1110 g/mol. The van der Waals surface area contributed by atoms with E-state index in [1.807, 2.05) is 0 Å². The van der Waals surface area contributed by atoms with Crippen molar-refractivity contribution in [1.29, 1.82) is 0 Å². The van der Waals surface area contributed by atoms with Crippen molar-refractivity contribution >= 4 is 17.9 Å². The SMILES string of the molecule is CC/C=C\C/C=C\C/C=C\C/C=C\C/C=C\C/C=C\C/C=C\C/C=C\C/C=C\CCCCCC(=O)OCC(COC(=O)CCCC/C=C\C/C=C\C/C=C\C/C=C\CC)OC(=O)CCC/C=C\C/C=C\C/C=C\C/C=C\C/C=C\CC. The van der Waals surface area contributed by atoms with Crippen LogP contribution in [0.4, 0.5) is 0 Å². The Morgan fingerprint density at radius 3 is 0.728 bits per heavy atom. The highest BCUT2D eigenvalue weighted by Crippen LogP contribution is 2.10. The van der Waals surface area contributed by atoms with Crippen molar-refractivity contribution in [2.75, 3.05) is 13.2 Å². The third-order valence-corrected chi connectivity index (χ3v) is 12.0. The lowest BCUT2D eigenvalue weighted by Gasteiger charge is -2.18. The normalized spacial score (nSPS) is 13.7. The van der Waals surface area contributed by atoms with Crippen molar-refractivity contribution in [3.05, 3.63) is 219 Å². The molecule has 0 aromatic rings. The summed E-state index contributed by atoms with van der Waals surface area (Å²) in [6.45, 7) is 6.15.